The van der Waals surface area contributed by atoms with Gasteiger partial charge in [0.15, 0.2) is 0 Å². The van der Waals surface area contributed by atoms with E-state index in [0.717, 1.165) is 9.88 Å². The summed E-state index contributed by atoms with van der Waals surface area (Å²) in [4.78, 5) is 38.7. The maximum absolute atomic E-state index is 11.6. The van der Waals surface area contributed by atoms with Gasteiger partial charge in [0, 0.05) is 17.5 Å². The maximum Gasteiger partial charge on any atom is 0.326 e. The number of urea groups is 1. The quantitative estimate of drug-likeness (QED) is 0.636. The lowest BCUT2D eigenvalue weighted by atomic mass is 10.1. The van der Waals surface area contributed by atoms with Crippen LogP contribution >= 0.6 is 11.3 Å². The number of nitrogens with zero attached hydrogens (tertiary/aromatic N) is 1. The monoisotopic (exact) mass is 315 g/mol. The Bertz CT molecular complexity index is 517. The highest BCUT2D eigenvalue weighted by Crippen LogP contribution is 2.10. The Kier molecular flexibility index (Phi) is 6.60. The second-order valence-electron chi connectivity index (χ2n) is 4.20. The topological polar surface area (TPSA) is 118 Å². The standard InChI is InChI=1S/C12H17N3O5S/c1-7-5-13-9(21-7)6-14-12(19)15-8(11(17)18)3-4-10(16)20-2/h5,8H,3-4,6H2,1-2H3,(H,17,18)(H2,14,15,19)/t8-/m0/s1. The second-order valence-corrected chi connectivity index (χ2v) is 5.52. The van der Waals surface area contributed by atoms with Gasteiger partial charge in [0.1, 0.15) is 11.0 Å². The first-order valence-corrected chi connectivity index (χ1v) is 6.99. The minimum atomic E-state index is -1.21. The molecule has 1 rings (SSSR count). The Morgan fingerprint density at radius 3 is 2.71 bits per heavy atom. The van der Waals surface area contributed by atoms with Gasteiger partial charge in [0.2, 0.25) is 0 Å². The first-order valence-electron chi connectivity index (χ1n) is 6.17. The highest BCUT2D eigenvalue weighted by atomic mass is 32.1. The molecule has 3 N–H and O–H groups in total. The summed E-state index contributed by atoms with van der Waals surface area (Å²) in [5, 5.41) is 14.5. The van der Waals surface area contributed by atoms with E-state index < -0.39 is 24.0 Å². The lowest BCUT2D eigenvalue weighted by Crippen LogP contribution is -2.46. The molecule has 1 atom stereocenters. The van der Waals surface area contributed by atoms with Crippen molar-refractivity contribution in [3.63, 3.8) is 0 Å². The zero-order valence-corrected chi connectivity index (χ0v) is 12.5. The molecule has 0 spiro atoms. The predicted octanol–water partition coefficient (Wildman–Crippen LogP) is 0.657. The summed E-state index contributed by atoms with van der Waals surface area (Å²) in [6.45, 7) is 2.11. The van der Waals surface area contributed by atoms with E-state index in [1.165, 1.54) is 18.4 Å². The zero-order valence-electron chi connectivity index (χ0n) is 11.7. The molecule has 21 heavy (non-hydrogen) atoms. The summed E-state index contributed by atoms with van der Waals surface area (Å²) in [5.41, 5.74) is 0. The van der Waals surface area contributed by atoms with Gasteiger partial charge in [-0.1, -0.05) is 0 Å². The molecular weight excluding hydrogens is 298 g/mol. The van der Waals surface area contributed by atoms with Crippen LogP contribution in [-0.2, 0) is 20.9 Å². The van der Waals surface area contributed by atoms with Crippen LogP contribution in [0.15, 0.2) is 6.20 Å². The van der Waals surface area contributed by atoms with Crippen molar-refractivity contribution in [3.8, 4) is 0 Å². The molecule has 0 unspecified atom stereocenters. The number of thiazole rings is 1. The van der Waals surface area contributed by atoms with Gasteiger partial charge in [-0.25, -0.2) is 14.6 Å². The second kappa shape index (κ2) is 8.20. The summed E-state index contributed by atoms with van der Waals surface area (Å²) < 4.78 is 4.43. The molecule has 8 nitrogen and oxygen atoms in total. The number of hydrogen-bond acceptors (Lipinski definition) is 6. The van der Waals surface area contributed by atoms with Crippen molar-refractivity contribution in [2.45, 2.75) is 32.4 Å². The van der Waals surface area contributed by atoms with Gasteiger partial charge >= 0.3 is 18.0 Å². The van der Waals surface area contributed by atoms with Gasteiger partial charge in [0.05, 0.1) is 13.7 Å². The highest BCUT2D eigenvalue weighted by Gasteiger charge is 2.21. The van der Waals surface area contributed by atoms with Crippen molar-refractivity contribution in [1.29, 1.82) is 0 Å². The lowest BCUT2D eigenvalue weighted by molar-refractivity contribution is -0.142. The minimum Gasteiger partial charge on any atom is -0.480 e. The Hall–Kier alpha value is -2.16. The average molecular weight is 315 g/mol. The van der Waals surface area contributed by atoms with Gasteiger partial charge in [-0.05, 0) is 13.3 Å². The van der Waals surface area contributed by atoms with Crippen LogP contribution in [0.25, 0.3) is 0 Å². The third-order valence-electron chi connectivity index (χ3n) is 2.54. The van der Waals surface area contributed by atoms with E-state index in [2.05, 4.69) is 20.4 Å². The number of aromatic nitrogens is 1. The third kappa shape index (κ3) is 6.21. The van der Waals surface area contributed by atoms with Gasteiger partial charge in [0.25, 0.3) is 0 Å². The summed E-state index contributed by atoms with van der Waals surface area (Å²) >= 11 is 1.44. The van der Waals surface area contributed by atoms with E-state index in [0.29, 0.717) is 0 Å². The summed E-state index contributed by atoms with van der Waals surface area (Å²) in [7, 11) is 1.22. The fourth-order valence-electron chi connectivity index (χ4n) is 1.47. The normalized spacial score (nSPS) is 11.5. The van der Waals surface area contributed by atoms with Gasteiger partial charge < -0.3 is 20.5 Å². The molecule has 0 bridgehead atoms. The minimum absolute atomic E-state index is 0.0359. The molecule has 0 fully saturated rings. The molecule has 0 aliphatic heterocycles. The van der Waals surface area contributed by atoms with E-state index in [9.17, 15) is 14.4 Å². The number of amides is 2. The number of nitrogens with one attached hydrogen (secondary N) is 2. The molecule has 0 aromatic carbocycles. The molecule has 2 amide bonds. The number of carbonyl (C=O) groups excluding carboxylic acids is 2. The number of aliphatic carboxylic acids is 1. The number of hydrogen-bond donors (Lipinski definition) is 3. The number of rotatable bonds is 7. The van der Waals surface area contributed by atoms with E-state index in [-0.39, 0.29) is 19.4 Å². The van der Waals surface area contributed by atoms with Crippen LogP contribution in [0.3, 0.4) is 0 Å². The van der Waals surface area contributed by atoms with E-state index in [1.807, 2.05) is 6.92 Å². The zero-order chi connectivity index (χ0) is 15.8. The van der Waals surface area contributed by atoms with Crippen molar-refractivity contribution in [3.05, 3.63) is 16.1 Å². The number of esters is 1. The van der Waals surface area contributed by atoms with Crippen molar-refractivity contribution < 1.29 is 24.2 Å². The molecule has 0 aliphatic carbocycles. The van der Waals surface area contributed by atoms with Crippen molar-refractivity contribution in [2.24, 2.45) is 0 Å². The Morgan fingerprint density at radius 1 is 1.48 bits per heavy atom. The smallest absolute Gasteiger partial charge is 0.326 e. The van der Waals surface area contributed by atoms with Crippen molar-refractivity contribution >= 4 is 29.3 Å². The molecule has 1 heterocycles. The molecule has 9 heteroatoms. The molecular formula is C12H17N3O5S. The number of carboxylic acids is 1. The number of ether oxygens (including phenoxy) is 1. The van der Waals surface area contributed by atoms with E-state index >= 15 is 0 Å². The van der Waals surface area contributed by atoms with E-state index in [4.69, 9.17) is 5.11 Å². The summed E-state index contributed by atoms with van der Waals surface area (Å²) in [6.07, 6.45) is 1.57. The van der Waals surface area contributed by atoms with Crippen LogP contribution < -0.4 is 10.6 Å². The fourth-order valence-corrected chi connectivity index (χ4v) is 2.20. The van der Waals surface area contributed by atoms with Crippen LogP contribution in [0, 0.1) is 6.92 Å². The Labute approximate surface area is 125 Å². The number of methoxy groups -OCH3 is 1. The molecule has 1 aromatic heterocycles. The molecule has 1 aromatic rings. The average Bonchev–Trinajstić information content (AvgIpc) is 2.86. The molecule has 0 radical (unpaired) electrons. The van der Waals surface area contributed by atoms with Crippen LogP contribution in [0.2, 0.25) is 0 Å². The van der Waals surface area contributed by atoms with E-state index in [1.54, 1.807) is 6.20 Å². The SMILES string of the molecule is COC(=O)CC[C@H](NC(=O)NCc1ncc(C)s1)C(=O)O. The highest BCUT2D eigenvalue weighted by molar-refractivity contribution is 7.11. The number of carbonyl (C=O) groups is 3. The lowest BCUT2D eigenvalue weighted by Gasteiger charge is -2.14. The van der Waals surface area contributed by atoms with Crippen LogP contribution in [0.1, 0.15) is 22.7 Å². The number of carboxylic acid groups (broad SMARTS) is 1. The van der Waals surface area contributed by atoms with Gasteiger partial charge in [-0.3, -0.25) is 4.79 Å². The Balaban J connectivity index is 2.41. The molecule has 0 aliphatic rings. The van der Waals surface area contributed by atoms with Gasteiger partial charge in [-0.15, -0.1) is 11.3 Å². The predicted molar refractivity (Wildman–Crippen MR) is 74.9 cm³/mol. The van der Waals surface area contributed by atoms with Crippen molar-refractivity contribution in [1.82, 2.24) is 15.6 Å². The first kappa shape index (κ1) is 16.9. The van der Waals surface area contributed by atoms with Crippen molar-refractivity contribution in [2.75, 3.05) is 7.11 Å². The molecule has 116 valence electrons. The van der Waals surface area contributed by atoms with Crippen LogP contribution in [0.5, 0.6) is 0 Å². The summed E-state index contributed by atoms with van der Waals surface area (Å²) in [6, 6.07) is -1.78. The third-order valence-corrected chi connectivity index (χ3v) is 3.45. The number of aryl methyl sites for hydroxylation is 1. The fraction of sp³-hybridized carbons (Fsp3) is 0.500. The van der Waals surface area contributed by atoms with Crippen LogP contribution in [0.4, 0.5) is 4.79 Å². The first-order chi connectivity index (χ1) is 9.92. The largest absolute Gasteiger partial charge is 0.480 e. The van der Waals surface area contributed by atoms with Gasteiger partial charge in [-0.2, -0.15) is 0 Å². The summed E-state index contributed by atoms with van der Waals surface area (Å²) in [5.74, 6) is -1.74. The van der Waals surface area contributed by atoms with Crippen LogP contribution in [-0.4, -0.2) is 41.2 Å². The molecule has 0 saturated heterocycles. The molecule has 0 saturated carbocycles. The Morgan fingerprint density at radius 2 is 2.19 bits per heavy atom. The maximum atomic E-state index is 11.6.